The zero-order valence-electron chi connectivity index (χ0n) is 21.0. The third-order valence-corrected chi connectivity index (χ3v) is 10.6. The van der Waals surface area contributed by atoms with Crippen LogP contribution in [-0.4, -0.2) is 73.0 Å². The van der Waals surface area contributed by atoms with E-state index in [0.717, 1.165) is 4.90 Å². The summed E-state index contributed by atoms with van der Waals surface area (Å²) >= 11 is 17.6. The van der Waals surface area contributed by atoms with Crippen molar-refractivity contribution in [2.75, 3.05) is 13.6 Å². The first-order chi connectivity index (χ1) is 18.3. The molecule has 2 aliphatic heterocycles. The molecule has 1 aromatic rings. The predicted octanol–water partition coefficient (Wildman–Crippen LogP) is 3.79. The summed E-state index contributed by atoms with van der Waals surface area (Å²) in [6, 6.07) is 4.70. The molecule has 4 amide bonds. The van der Waals surface area contributed by atoms with Gasteiger partial charge in [0.15, 0.2) is 9.75 Å². The van der Waals surface area contributed by atoms with Gasteiger partial charge in [-0.2, -0.15) is 0 Å². The summed E-state index contributed by atoms with van der Waals surface area (Å²) in [5.74, 6) is -6.21. The van der Waals surface area contributed by atoms with Crippen molar-refractivity contribution in [2.45, 2.75) is 54.2 Å². The minimum absolute atomic E-state index is 0.0194. The number of unbranched alkanes of at least 4 members (excludes halogenated alkanes) is 2. The van der Waals surface area contributed by atoms with Crippen LogP contribution in [0.1, 0.15) is 50.0 Å². The van der Waals surface area contributed by atoms with Crippen LogP contribution >= 0.6 is 39.1 Å². The summed E-state index contributed by atoms with van der Waals surface area (Å²) in [6.45, 7) is 0.174. The molecule has 6 unspecified atom stereocenters. The number of benzene rings is 1. The SMILES string of the molecule is CN1C(=O)C2(Cl)CC3C(=CCC4C(=O)N(CCCCCC(=O)O)C(=O)C43)C(c3cc(Br)ccc3O)C2(Cl)C1=O. The Bertz CT molecular complexity index is 1330. The van der Waals surface area contributed by atoms with E-state index in [4.69, 9.17) is 28.3 Å². The number of nitrogens with zero attached hydrogens (tertiary/aromatic N) is 2. The summed E-state index contributed by atoms with van der Waals surface area (Å²) in [7, 11) is 1.31. The second kappa shape index (κ2) is 9.89. The van der Waals surface area contributed by atoms with Crippen LogP contribution < -0.4 is 0 Å². The third-order valence-electron chi connectivity index (χ3n) is 8.68. The second-order valence-corrected chi connectivity index (χ2v) is 12.9. The highest BCUT2D eigenvalue weighted by Crippen LogP contribution is 2.66. The normalized spacial score (nSPS) is 33.7. The van der Waals surface area contributed by atoms with Crippen molar-refractivity contribution in [3.05, 3.63) is 39.9 Å². The molecule has 1 saturated carbocycles. The van der Waals surface area contributed by atoms with Gasteiger partial charge in [-0.05, 0) is 49.8 Å². The van der Waals surface area contributed by atoms with Gasteiger partial charge in [-0.25, -0.2) is 0 Å². The molecule has 5 rings (SSSR count). The van der Waals surface area contributed by atoms with Crippen LogP contribution in [0.15, 0.2) is 34.3 Å². The average Bonchev–Trinajstić information content (AvgIpc) is 3.20. The van der Waals surface area contributed by atoms with Gasteiger partial charge < -0.3 is 10.2 Å². The quantitative estimate of drug-likeness (QED) is 0.200. The summed E-state index contributed by atoms with van der Waals surface area (Å²) in [4.78, 5) is 63.1. The number of carboxylic acid groups (broad SMARTS) is 1. The minimum Gasteiger partial charge on any atom is -0.508 e. The molecule has 2 N–H and O–H groups in total. The number of amides is 4. The largest absolute Gasteiger partial charge is 0.508 e. The van der Waals surface area contributed by atoms with Crippen LogP contribution in [-0.2, 0) is 24.0 Å². The summed E-state index contributed by atoms with van der Waals surface area (Å²) in [5, 5.41) is 19.7. The highest BCUT2D eigenvalue weighted by atomic mass is 79.9. The number of aromatic hydroxyl groups is 1. The highest BCUT2D eigenvalue weighted by molar-refractivity contribution is 9.10. The molecule has 0 aromatic heterocycles. The van der Waals surface area contributed by atoms with Crippen molar-refractivity contribution in [2.24, 2.45) is 17.8 Å². The molecule has 3 fully saturated rings. The van der Waals surface area contributed by atoms with E-state index in [9.17, 15) is 29.1 Å². The number of phenolic OH excluding ortho intramolecular Hbond substituents is 1. The van der Waals surface area contributed by atoms with Crippen molar-refractivity contribution in [1.29, 1.82) is 0 Å². The number of likely N-dealkylation sites (tertiary alicyclic amines) is 2. The highest BCUT2D eigenvalue weighted by Gasteiger charge is 2.76. The fourth-order valence-corrected chi connectivity index (χ4v) is 8.24. The molecule has 0 bridgehead atoms. The van der Waals surface area contributed by atoms with Crippen LogP contribution in [0.5, 0.6) is 5.75 Å². The zero-order chi connectivity index (χ0) is 28.4. The Kier molecular flexibility index (Phi) is 7.13. The van der Waals surface area contributed by atoms with Gasteiger partial charge in [0, 0.05) is 36.0 Å². The Labute approximate surface area is 243 Å². The van der Waals surface area contributed by atoms with Gasteiger partial charge in [-0.1, -0.05) is 34.0 Å². The number of hydrogen-bond donors (Lipinski definition) is 2. The van der Waals surface area contributed by atoms with Crippen LogP contribution in [0.4, 0.5) is 0 Å². The number of rotatable bonds is 7. The molecule has 2 heterocycles. The van der Waals surface area contributed by atoms with Crippen LogP contribution in [0.3, 0.4) is 0 Å². The topological polar surface area (TPSA) is 132 Å². The van der Waals surface area contributed by atoms with E-state index in [1.54, 1.807) is 12.1 Å². The lowest BCUT2D eigenvalue weighted by Crippen LogP contribution is -2.60. The first-order valence-electron chi connectivity index (χ1n) is 12.8. The Morgan fingerprint density at radius 3 is 2.49 bits per heavy atom. The van der Waals surface area contributed by atoms with E-state index in [1.165, 1.54) is 18.0 Å². The second-order valence-electron chi connectivity index (χ2n) is 10.7. The summed E-state index contributed by atoms with van der Waals surface area (Å²) in [5.41, 5.74) is 0.902. The number of fused-ring (bicyclic) bond motifs is 4. The van der Waals surface area contributed by atoms with Crippen LogP contribution in [0.25, 0.3) is 0 Å². The zero-order valence-corrected chi connectivity index (χ0v) is 24.1. The number of carbonyl (C=O) groups excluding carboxylic acids is 4. The molecule has 2 aliphatic carbocycles. The maximum Gasteiger partial charge on any atom is 0.303 e. The van der Waals surface area contributed by atoms with Crippen molar-refractivity contribution in [3.8, 4) is 5.75 Å². The lowest BCUT2D eigenvalue weighted by molar-refractivity contribution is -0.141. The standard InChI is InChI=1S/C27H27BrCl2N2O7/c1-31-24(38)26(29)12-17-14(21(27(26,30)25(31)39)16-11-13(28)6-9-18(16)33)7-8-15-20(17)23(37)32(22(15)36)10-4-2-3-5-19(34)35/h6-7,9,11,15,17,20-21,33H,2-5,8,10,12H2,1H3,(H,34,35). The Balaban J connectivity index is 1.54. The van der Waals surface area contributed by atoms with Gasteiger partial charge in [-0.15, -0.1) is 23.2 Å². The molecule has 1 aromatic carbocycles. The number of aliphatic carboxylic acids is 1. The van der Waals surface area contributed by atoms with Gasteiger partial charge in [-0.3, -0.25) is 33.8 Å². The predicted molar refractivity (Wildman–Crippen MR) is 144 cm³/mol. The fourth-order valence-electron chi connectivity index (χ4n) is 6.85. The molecular formula is C27H27BrCl2N2O7. The molecule has 2 saturated heterocycles. The molecule has 6 atom stereocenters. The lowest BCUT2D eigenvalue weighted by atomic mass is 9.56. The number of carbonyl (C=O) groups is 5. The summed E-state index contributed by atoms with van der Waals surface area (Å²) in [6.07, 6.45) is 3.43. The van der Waals surface area contributed by atoms with Crippen molar-refractivity contribution in [3.63, 3.8) is 0 Å². The monoisotopic (exact) mass is 640 g/mol. The number of imide groups is 2. The molecule has 39 heavy (non-hydrogen) atoms. The minimum atomic E-state index is -1.96. The number of phenols is 1. The van der Waals surface area contributed by atoms with E-state index in [0.29, 0.717) is 34.9 Å². The van der Waals surface area contributed by atoms with Gasteiger partial charge in [0.05, 0.1) is 11.8 Å². The molecular weight excluding hydrogens is 615 g/mol. The Hall–Kier alpha value is -2.43. The van der Waals surface area contributed by atoms with Crippen LogP contribution in [0.2, 0.25) is 0 Å². The smallest absolute Gasteiger partial charge is 0.303 e. The number of halogens is 3. The van der Waals surface area contributed by atoms with E-state index < -0.39 is 51.2 Å². The van der Waals surface area contributed by atoms with Gasteiger partial charge in [0.2, 0.25) is 11.8 Å². The number of hydrogen-bond acceptors (Lipinski definition) is 6. The average molecular weight is 642 g/mol. The maximum absolute atomic E-state index is 13.7. The van der Waals surface area contributed by atoms with Gasteiger partial charge in [0.25, 0.3) is 11.8 Å². The van der Waals surface area contributed by atoms with Crippen molar-refractivity contribution >= 4 is 68.7 Å². The Morgan fingerprint density at radius 2 is 1.79 bits per heavy atom. The molecule has 208 valence electrons. The lowest BCUT2D eigenvalue weighted by Gasteiger charge is -2.50. The maximum atomic E-state index is 13.7. The van der Waals surface area contributed by atoms with Gasteiger partial charge in [0.1, 0.15) is 5.75 Å². The summed E-state index contributed by atoms with van der Waals surface area (Å²) < 4.78 is 0.610. The van der Waals surface area contributed by atoms with E-state index >= 15 is 0 Å². The van der Waals surface area contributed by atoms with Crippen molar-refractivity contribution in [1.82, 2.24) is 9.80 Å². The molecule has 12 heteroatoms. The van der Waals surface area contributed by atoms with Crippen molar-refractivity contribution < 1.29 is 34.2 Å². The number of allylic oxidation sites excluding steroid dienone is 2. The van der Waals surface area contributed by atoms with E-state index in [2.05, 4.69) is 15.9 Å². The first kappa shape index (κ1) is 28.1. The molecule has 0 radical (unpaired) electrons. The van der Waals surface area contributed by atoms with E-state index in [-0.39, 0.29) is 43.4 Å². The fraction of sp³-hybridized carbons (Fsp3) is 0.519. The first-order valence-corrected chi connectivity index (χ1v) is 14.3. The number of alkyl halides is 2. The Morgan fingerprint density at radius 1 is 1.08 bits per heavy atom. The molecule has 4 aliphatic rings. The number of carboxylic acids is 1. The van der Waals surface area contributed by atoms with E-state index in [1.807, 2.05) is 6.08 Å². The van der Waals surface area contributed by atoms with Crippen LogP contribution in [0, 0.1) is 17.8 Å². The molecule has 0 spiro atoms. The molecule has 9 nitrogen and oxygen atoms in total. The van der Waals surface area contributed by atoms with Gasteiger partial charge >= 0.3 is 5.97 Å². The third kappa shape index (κ3) is 4.04.